The molecular formula is C56H114N2O6P+. The van der Waals surface area contributed by atoms with Crippen LogP contribution in [0.5, 0.6) is 0 Å². The van der Waals surface area contributed by atoms with Gasteiger partial charge in [0.05, 0.1) is 39.9 Å². The minimum absolute atomic E-state index is 0.0651. The normalized spacial score (nSPS) is 14.0. The van der Waals surface area contributed by atoms with Crippen LogP contribution in [0.4, 0.5) is 0 Å². The maximum atomic E-state index is 13.0. The molecule has 388 valence electrons. The Morgan fingerprint density at radius 3 is 1.14 bits per heavy atom. The maximum Gasteiger partial charge on any atom is 0.472 e. The summed E-state index contributed by atoms with van der Waals surface area (Å²) < 4.78 is 23.7. The molecule has 0 aromatic rings. The lowest BCUT2D eigenvalue weighted by Gasteiger charge is -2.25. The van der Waals surface area contributed by atoms with E-state index >= 15 is 0 Å². The fourth-order valence-corrected chi connectivity index (χ4v) is 9.49. The molecule has 0 saturated heterocycles. The lowest BCUT2D eigenvalue weighted by molar-refractivity contribution is -0.870. The van der Waals surface area contributed by atoms with Crippen molar-refractivity contribution >= 4 is 13.7 Å². The molecule has 0 radical (unpaired) electrons. The van der Waals surface area contributed by atoms with E-state index in [1.807, 2.05) is 27.2 Å². The van der Waals surface area contributed by atoms with Crippen LogP contribution >= 0.6 is 7.82 Å². The third-order valence-electron chi connectivity index (χ3n) is 13.3. The summed E-state index contributed by atoms with van der Waals surface area (Å²) in [6, 6.07) is -0.841. The second kappa shape index (κ2) is 48.3. The number of aliphatic hydroxyl groups is 1. The van der Waals surface area contributed by atoms with E-state index in [0.29, 0.717) is 17.4 Å². The van der Waals surface area contributed by atoms with Gasteiger partial charge in [0.15, 0.2) is 0 Å². The molecular weight excluding hydrogens is 828 g/mol. The zero-order valence-electron chi connectivity index (χ0n) is 44.3. The number of amides is 1. The van der Waals surface area contributed by atoms with Crippen LogP contribution in [-0.2, 0) is 18.4 Å². The molecule has 0 rings (SSSR count). The van der Waals surface area contributed by atoms with Gasteiger partial charge >= 0.3 is 7.82 Å². The molecule has 0 aliphatic heterocycles. The summed E-state index contributed by atoms with van der Waals surface area (Å²) in [5.74, 6) is -0.171. The molecule has 0 fully saturated rings. The Morgan fingerprint density at radius 2 is 0.815 bits per heavy atom. The molecule has 3 atom stereocenters. The predicted molar refractivity (Wildman–Crippen MR) is 282 cm³/mol. The highest BCUT2D eigenvalue weighted by Gasteiger charge is 2.27. The van der Waals surface area contributed by atoms with Gasteiger partial charge in [-0.2, -0.15) is 0 Å². The van der Waals surface area contributed by atoms with Gasteiger partial charge in [-0.1, -0.05) is 276 Å². The van der Waals surface area contributed by atoms with Crippen LogP contribution in [0, 0.1) is 0 Å². The molecule has 8 nitrogen and oxygen atoms in total. The number of quaternary nitrogens is 1. The summed E-state index contributed by atoms with van der Waals surface area (Å²) >= 11 is 0. The van der Waals surface area contributed by atoms with E-state index in [1.165, 1.54) is 238 Å². The van der Waals surface area contributed by atoms with Gasteiger partial charge in [-0.05, 0) is 19.3 Å². The first kappa shape index (κ1) is 64.2. The van der Waals surface area contributed by atoms with Crippen LogP contribution in [0.2, 0.25) is 0 Å². The second-order valence-corrected chi connectivity index (χ2v) is 22.5. The van der Waals surface area contributed by atoms with Crippen molar-refractivity contribution in [3.05, 3.63) is 12.2 Å². The number of carbonyl (C=O) groups excluding carboxylic acids is 1. The molecule has 0 bridgehead atoms. The Balaban J connectivity index is 4.17. The average Bonchev–Trinajstić information content (AvgIpc) is 3.26. The van der Waals surface area contributed by atoms with E-state index in [9.17, 15) is 19.4 Å². The fourth-order valence-electron chi connectivity index (χ4n) is 8.75. The molecule has 3 N–H and O–H groups in total. The highest BCUT2D eigenvalue weighted by atomic mass is 31.2. The number of nitrogens with zero attached hydrogens (tertiary/aromatic N) is 1. The predicted octanol–water partition coefficient (Wildman–Crippen LogP) is 17.0. The van der Waals surface area contributed by atoms with Gasteiger partial charge in [-0.3, -0.25) is 13.8 Å². The highest BCUT2D eigenvalue weighted by Crippen LogP contribution is 2.43. The van der Waals surface area contributed by atoms with Crippen molar-refractivity contribution in [2.45, 2.75) is 302 Å². The molecule has 0 aliphatic rings. The first-order chi connectivity index (χ1) is 31.5. The van der Waals surface area contributed by atoms with E-state index in [2.05, 4.69) is 19.2 Å². The van der Waals surface area contributed by atoms with Crippen molar-refractivity contribution in [2.24, 2.45) is 0 Å². The SMILES string of the molecule is CCCCCCCCCCCCCCCCCCCCCCCCCC/C=C/C(O)C(COP(=O)(O)OCC[N+](C)(C)C)NC(=O)CCCCCCCCCCCCCCCCCCC. The number of unbranched alkanes of at least 4 members (excludes halogenated alkanes) is 40. The van der Waals surface area contributed by atoms with Gasteiger partial charge in [0.1, 0.15) is 13.2 Å². The van der Waals surface area contributed by atoms with E-state index < -0.39 is 20.0 Å². The number of aliphatic hydroxyl groups excluding tert-OH is 1. The van der Waals surface area contributed by atoms with Crippen LogP contribution in [0.25, 0.3) is 0 Å². The Hall–Kier alpha value is -0.760. The van der Waals surface area contributed by atoms with Crippen LogP contribution in [0.3, 0.4) is 0 Å². The standard InChI is InChI=1S/C56H113N2O6P/c1-6-8-10-12-14-16-18-20-22-24-25-26-27-28-29-30-31-32-34-35-37-39-41-43-45-47-49-55(59)54(53-64-65(61,62)63-52-51-58(3,4)5)57-56(60)50-48-46-44-42-40-38-36-33-23-21-19-17-15-13-11-9-7-2/h47,49,54-55,59H,6-46,48,50-53H2,1-5H3,(H-,57,60,61,62)/p+1/b49-47+. The molecule has 65 heavy (non-hydrogen) atoms. The lowest BCUT2D eigenvalue weighted by atomic mass is 10.0. The lowest BCUT2D eigenvalue weighted by Crippen LogP contribution is -2.45. The van der Waals surface area contributed by atoms with Crippen molar-refractivity contribution in [3.8, 4) is 0 Å². The smallest absolute Gasteiger partial charge is 0.387 e. The van der Waals surface area contributed by atoms with E-state index in [4.69, 9.17) is 9.05 Å². The first-order valence-electron chi connectivity index (χ1n) is 28.6. The quantitative estimate of drug-likeness (QED) is 0.0243. The maximum absolute atomic E-state index is 13.0. The Morgan fingerprint density at radius 1 is 0.508 bits per heavy atom. The topological polar surface area (TPSA) is 105 Å². The molecule has 0 spiro atoms. The van der Waals surface area contributed by atoms with Crippen LogP contribution in [0.15, 0.2) is 12.2 Å². The van der Waals surface area contributed by atoms with Crippen molar-refractivity contribution < 1.29 is 32.9 Å². The molecule has 0 aliphatic carbocycles. The molecule has 0 saturated carbocycles. The molecule has 3 unspecified atom stereocenters. The van der Waals surface area contributed by atoms with Crippen LogP contribution in [-0.4, -0.2) is 73.4 Å². The van der Waals surface area contributed by atoms with E-state index in [0.717, 1.165) is 32.1 Å². The average molecular weight is 943 g/mol. The second-order valence-electron chi connectivity index (χ2n) is 21.0. The minimum atomic E-state index is -4.34. The number of carbonyl (C=O) groups is 1. The number of phosphoric acid groups is 1. The number of rotatable bonds is 53. The third kappa shape index (κ3) is 50.9. The summed E-state index contributed by atoms with van der Waals surface area (Å²) in [4.78, 5) is 23.3. The summed E-state index contributed by atoms with van der Waals surface area (Å²) in [5.41, 5.74) is 0. The van der Waals surface area contributed by atoms with Crippen LogP contribution in [0.1, 0.15) is 290 Å². The Kier molecular flexibility index (Phi) is 47.7. The van der Waals surface area contributed by atoms with Crippen molar-refractivity contribution in [1.29, 1.82) is 0 Å². The molecule has 0 aromatic carbocycles. The number of hydrogen-bond donors (Lipinski definition) is 3. The largest absolute Gasteiger partial charge is 0.472 e. The zero-order valence-corrected chi connectivity index (χ0v) is 45.2. The molecule has 0 heterocycles. The first-order valence-corrected chi connectivity index (χ1v) is 30.1. The van der Waals surface area contributed by atoms with Gasteiger partial charge in [0.25, 0.3) is 0 Å². The fraction of sp³-hybridized carbons (Fsp3) is 0.946. The van der Waals surface area contributed by atoms with Crippen molar-refractivity contribution in [3.63, 3.8) is 0 Å². The number of nitrogens with one attached hydrogen (secondary N) is 1. The third-order valence-corrected chi connectivity index (χ3v) is 14.2. The number of allylic oxidation sites excluding steroid dienone is 1. The van der Waals surface area contributed by atoms with Gasteiger partial charge in [0.2, 0.25) is 5.91 Å². The number of phosphoric ester groups is 1. The Labute approximate surface area is 405 Å². The monoisotopic (exact) mass is 942 g/mol. The summed E-state index contributed by atoms with van der Waals surface area (Å²) in [7, 11) is 1.59. The molecule has 1 amide bonds. The minimum Gasteiger partial charge on any atom is -0.387 e. The van der Waals surface area contributed by atoms with Crippen molar-refractivity contribution in [2.75, 3.05) is 40.9 Å². The van der Waals surface area contributed by atoms with Gasteiger partial charge in [-0.25, -0.2) is 4.57 Å². The Bertz CT molecular complexity index is 1070. The summed E-state index contributed by atoms with van der Waals surface area (Å²) in [6.45, 7) is 4.86. The van der Waals surface area contributed by atoms with Crippen molar-refractivity contribution in [1.82, 2.24) is 5.32 Å². The van der Waals surface area contributed by atoms with E-state index in [-0.39, 0.29) is 19.1 Å². The van der Waals surface area contributed by atoms with E-state index in [1.54, 1.807) is 6.08 Å². The zero-order chi connectivity index (χ0) is 47.8. The van der Waals surface area contributed by atoms with Gasteiger partial charge < -0.3 is 19.8 Å². The number of hydrogen-bond acceptors (Lipinski definition) is 5. The summed E-state index contributed by atoms with van der Waals surface area (Å²) in [5, 5.41) is 13.9. The van der Waals surface area contributed by atoms with Crippen LogP contribution < -0.4 is 5.32 Å². The van der Waals surface area contributed by atoms with Gasteiger partial charge in [0, 0.05) is 6.42 Å². The molecule has 9 heteroatoms. The highest BCUT2D eigenvalue weighted by molar-refractivity contribution is 7.47. The number of likely N-dealkylation sites (N-methyl/N-ethyl adjacent to an activating group) is 1. The molecule has 0 aromatic heterocycles. The summed E-state index contributed by atoms with van der Waals surface area (Å²) in [6.07, 6.45) is 58.8. The van der Waals surface area contributed by atoms with Gasteiger partial charge in [-0.15, -0.1) is 0 Å².